The molecule has 1 aromatic heterocycles. The molecule has 2 saturated carbocycles. The molecule has 138 valence electrons. The molecule has 0 radical (unpaired) electrons. The second kappa shape index (κ2) is 7.06. The van der Waals surface area contributed by atoms with Crippen LogP contribution in [0.5, 0.6) is 0 Å². The second-order valence-electron chi connectivity index (χ2n) is 7.76. The average Bonchev–Trinajstić information content (AvgIpc) is 3.33. The van der Waals surface area contributed by atoms with Gasteiger partial charge in [-0.15, -0.1) is 11.8 Å². The van der Waals surface area contributed by atoms with Gasteiger partial charge in [0, 0.05) is 10.8 Å². The van der Waals surface area contributed by atoms with Gasteiger partial charge in [0.25, 0.3) is 0 Å². The summed E-state index contributed by atoms with van der Waals surface area (Å²) < 4.78 is 14.8. The maximum Gasteiger partial charge on any atom is 0.184 e. The zero-order valence-corrected chi connectivity index (χ0v) is 16.0. The summed E-state index contributed by atoms with van der Waals surface area (Å²) in [6.45, 7) is 6.10. The van der Waals surface area contributed by atoms with Crippen molar-refractivity contribution in [2.24, 2.45) is 5.41 Å². The molecule has 1 aromatic carbocycles. The van der Waals surface area contributed by atoms with Crippen LogP contribution in [0.4, 0.5) is 10.1 Å². The lowest BCUT2D eigenvalue weighted by Crippen LogP contribution is -2.25. The molecule has 0 aliphatic heterocycles. The first-order chi connectivity index (χ1) is 12.6. The summed E-state index contributed by atoms with van der Waals surface area (Å²) in [4.78, 5) is 5.39. The fraction of sp³-hybridized carbons (Fsp3) is 0.500. The van der Waals surface area contributed by atoms with E-state index in [0.717, 1.165) is 35.0 Å². The van der Waals surface area contributed by atoms with Gasteiger partial charge in [-0.25, -0.2) is 9.37 Å². The number of aromatic nitrogens is 3. The molecule has 2 aliphatic rings. The van der Waals surface area contributed by atoms with Crippen molar-refractivity contribution in [3.8, 4) is 11.4 Å². The Balaban J connectivity index is 1.53. The molecule has 1 heterocycles. The number of rotatable bonds is 8. The van der Waals surface area contributed by atoms with Crippen molar-refractivity contribution in [3.63, 3.8) is 0 Å². The molecule has 0 bridgehead atoms. The summed E-state index contributed by atoms with van der Waals surface area (Å²) in [5.41, 5.74) is 1.76. The van der Waals surface area contributed by atoms with Gasteiger partial charge in [-0.05, 0) is 61.6 Å². The summed E-state index contributed by atoms with van der Waals surface area (Å²) in [6.07, 6.45) is 9.03. The van der Waals surface area contributed by atoms with Crippen molar-refractivity contribution >= 4 is 17.4 Å². The zero-order valence-electron chi connectivity index (χ0n) is 15.1. The normalized spacial score (nSPS) is 18.4. The zero-order chi connectivity index (χ0) is 18.1. The molecule has 2 N–H and O–H groups in total. The highest BCUT2D eigenvalue weighted by atomic mass is 32.2. The van der Waals surface area contributed by atoms with Crippen LogP contribution in [0, 0.1) is 11.2 Å². The van der Waals surface area contributed by atoms with E-state index < -0.39 is 0 Å². The van der Waals surface area contributed by atoms with Crippen LogP contribution >= 0.6 is 11.8 Å². The predicted molar refractivity (Wildman–Crippen MR) is 105 cm³/mol. The number of H-pyrrole nitrogens is 1. The SMILES string of the molecule is C=CNc1cc(-c2n[nH]c(C3CC3)n2)c(F)cc1SCCC1(C)CCC1. The lowest BCUT2D eigenvalue weighted by atomic mass is 9.69. The van der Waals surface area contributed by atoms with Gasteiger partial charge < -0.3 is 5.32 Å². The lowest BCUT2D eigenvalue weighted by Gasteiger charge is -2.38. The molecule has 26 heavy (non-hydrogen) atoms. The monoisotopic (exact) mass is 372 g/mol. The van der Waals surface area contributed by atoms with Crippen LogP contribution in [0.1, 0.15) is 57.2 Å². The van der Waals surface area contributed by atoms with Crippen LogP contribution in [0.3, 0.4) is 0 Å². The molecule has 0 saturated heterocycles. The summed E-state index contributed by atoms with van der Waals surface area (Å²) in [5.74, 6) is 2.47. The minimum atomic E-state index is -0.279. The van der Waals surface area contributed by atoms with Crippen molar-refractivity contribution in [1.29, 1.82) is 0 Å². The Morgan fingerprint density at radius 1 is 1.42 bits per heavy atom. The fourth-order valence-electron chi connectivity index (χ4n) is 3.44. The molecule has 2 aromatic rings. The molecule has 4 nitrogen and oxygen atoms in total. The third kappa shape index (κ3) is 3.65. The number of hydrogen-bond donors (Lipinski definition) is 2. The Hall–Kier alpha value is -1.82. The van der Waals surface area contributed by atoms with Crippen molar-refractivity contribution in [1.82, 2.24) is 15.2 Å². The molecule has 2 fully saturated rings. The summed E-state index contributed by atoms with van der Waals surface area (Å²) in [7, 11) is 0. The van der Waals surface area contributed by atoms with Crippen LogP contribution < -0.4 is 5.32 Å². The first-order valence-electron chi connectivity index (χ1n) is 9.34. The Morgan fingerprint density at radius 2 is 2.23 bits per heavy atom. The Kier molecular flexibility index (Phi) is 4.78. The van der Waals surface area contributed by atoms with E-state index in [1.54, 1.807) is 30.1 Å². The summed E-state index contributed by atoms with van der Waals surface area (Å²) in [5, 5.41) is 10.3. The van der Waals surface area contributed by atoms with E-state index in [0.29, 0.717) is 22.7 Å². The van der Waals surface area contributed by atoms with Gasteiger partial charge in [0.05, 0.1) is 11.3 Å². The van der Waals surface area contributed by atoms with Gasteiger partial charge in [0.2, 0.25) is 0 Å². The minimum absolute atomic E-state index is 0.279. The number of anilines is 1. The first-order valence-corrected chi connectivity index (χ1v) is 10.3. The van der Waals surface area contributed by atoms with Gasteiger partial charge in [-0.1, -0.05) is 19.9 Å². The molecule has 2 aliphatic carbocycles. The van der Waals surface area contributed by atoms with E-state index in [1.807, 2.05) is 0 Å². The maximum absolute atomic E-state index is 14.8. The number of nitrogens with one attached hydrogen (secondary N) is 2. The van der Waals surface area contributed by atoms with Crippen LogP contribution in [-0.2, 0) is 0 Å². The number of nitrogens with zero attached hydrogens (tertiary/aromatic N) is 2. The quantitative estimate of drug-likeness (QED) is 0.582. The largest absolute Gasteiger partial charge is 0.361 e. The number of thioether (sulfide) groups is 1. The average molecular weight is 373 g/mol. The Morgan fingerprint density at radius 3 is 2.88 bits per heavy atom. The minimum Gasteiger partial charge on any atom is -0.361 e. The highest BCUT2D eigenvalue weighted by Gasteiger charge is 2.31. The van der Waals surface area contributed by atoms with Crippen molar-refractivity contribution < 1.29 is 4.39 Å². The number of hydrogen-bond acceptors (Lipinski definition) is 4. The van der Waals surface area contributed by atoms with Crippen LogP contribution in [0.25, 0.3) is 11.4 Å². The van der Waals surface area contributed by atoms with Gasteiger partial charge in [-0.2, -0.15) is 5.10 Å². The van der Waals surface area contributed by atoms with Crippen molar-refractivity contribution in [3.05, 3.63) is 36.6 Å². The van der Waals surface area contributed by atoms with E-state index in [9.17, 15) is 4.39 Å². The molecule has 0 unspecified atom stereocenters. The third-order valence-electron chi connectivity index (χ3n) is 5.56. The summed E-state index contributed by atoms with van der Waals surface area (Å²) >= 11 is 1.70. The molecule has 0 amide bonds. The third-order valence-corrected chi connectivity index (χ3v) is 6.62. The number of benzene rings is 1. The van der Waals surface area contributed by atoms with Crippen LogP contribution in [-0.4, -0.2) is 20.9 Å². The standard InChI is InChI=1S/C20H25FN4S/c1-3-22-16-11-14(19-23-18(24-25-19)13-5-6-13)15(21)12-17(16)26-10-9-20(2)7-4-8-20/h3,11-13,22H,1,4-10H2,2H3,(H,23,24,25). The van der Waals surface area contributed by atoms with Crippen LogP contribution in [0.15, 0.2) is 29.8 Å². The van der Waals surface area contributed by atoms with Gasteiger partial charge >= 0.3 is 0 Å². The van der Waals surface area contributed by atoms with E-state index in [4.69, 9.17) is 0 Å². The smallest absolute Gasteiger partial charge is 0.184 e. The lowest BCUT2D eigenvalue weighted by molar-refractivity contribution is 0.156. The molecule has 4 rings (SSSR count). The van der Waals surface area contributed by atoms with E-state index >= 15 is 0 Å². The molecule has 0 atom stereocenters. The molecule has 6 heteroatoms. The number of halogens is 1. The topological polar surface area (TPSA) is 53.6 Å². The van der Waals surface area contributed by atoms with E-state index in [-0.39, 0.29) is 5.82 Å². The highest BCUT2D eigenvalue weighted by molar-refractivity contribution is 7.99. The molecular formula is C20H25FN4S. The second-order valence-corrected chi connectivity index (χ2v) is 8.89. The van der Waals surface area contributed by atoms with Gasteiger partial charge in [0.1, 0.15) is 11.6 Å². The maximum atomic E-state index is 14.8. The van der Waals surface area contributed by atoms with Gasteiger partial charge in [0.15, 0.2) is 5.82 Å². The first kappa shape index (κ1) is 17.6. The predicted octanol–water partition coefficient (Wildman–Crippen LogP) is 5.72. The van der Waals surface area contributed by atoms with Gasteiger partial charge in [-0.3, -0.25) is 5.10 Å². The van der Waals surface area contributed by atoms with Crippen molar-refractivity contribution in [2.45, 2.75) is 56.3 Å². The van der Waals surface area contributed by atoms with Crippen LogP contribution in [0.2, 0.25) is 0 Å². The van der Waals surface area contributed by atoms with E-state index in [2.05, 4.69) is 34.0 Å². The Labute approximate surface area is 158 Å². The highest BCUT2D eigenvalue weighted by Crippen LogP contribution is 2.45. The Bertz CT molecular complexity index is 808. The summed E-state index contributed by atoms with van der Waals surface area (Å²) in [6, 6.07) is 3.40. The van der Waals surface area contributed by atoms with Crippen molar-refractivity contribution in [2.75, 3.05) is 11.1 Å². The fourth-order valence-corrected chi connectivity index (χ4v) is 4.72. The van der Waals surface area contributed by atoms with E-state index in [1.165, 1.54) is 25.7 Å². The number of aromatic amines is 1. The molecule has 0 spiro atoms. The molecular weight excluding hydrogens is 347 g/mol.